The van der Waals surface area contributed by atoms with Crippen molar-refractivity contribution in [2.75, 3.05) is 20.2 Å². The molecule has 2 atom stereocenters. The van der Waals surface area contributed by atoms with Gasteiger partial charge in [0, 0.05) is 25.0 Å². The number of carbonyl (C=O) groups excluding carboxylic acids is 3. The van der Waals surface area contributed by atoms with E-state index in [9.17, 15) is 14.4 Å². The molecule has 26 heavy (non-hydrogen) atoms. The summed E-state index contributed by atoms with van der Waals surface area (Å²) >= 11 is 0. The second-order valence-corrected chi connectivity index (χ2v) is 8.51. The summed E-state index contributed by atoms with van der Waals surface area (Å²) in [5, 5.41) is 2.81. The molecule has 0 saturated carbocycles. The molecule has 1 rings (SSSR count). The number of hydrogen-bond acceptors (Lipinski definition) is 6. The van der Waals surface area contributed by atoms with Crippen LogP contribution in [0.2, 0.25) is 0 Å². The number of rotatable bonds is 3. The summed E-state index contributed by atoms with van der Waals surface area (Å²) in [6.07, 6.45) is -0.373. The van der Waals surface area contributed by atoms with Crippen molar-refractivity contribution in [1.29, 1.82) is 0 Å². The van der Waals surface area contributed by atoms with Crippen LogP contribution in [0.5, 0.6) is 0 Å². The van der Waals surface area contributed by atoms with Gasteiger partial charge in [-0.3, -0.25) is 4.79 Å². The van der Waals surface area contributed by atoms with E-state index in [1.807, 2.05) is 0 Å². The molecule has 8 nitrogen and oxygen atoms in total. The predicted molar refractivity (Wildman–Crippen MR) is 95.7 cm³/mol. The summed E-state index contributed by atoms with van der Waals surface area (Å²) in [7, 11) is 1.31. The lowest BCUT2D eigenvalue weighted by atomic mass is 9.89. The fourth-order valence-corrected chi connectivity index (χ4v) is 2.68. The van der Waals surface area contributed by atoms with Crippen LogP contribution in [-0.2, 0) is 19.0 Å². The van der Waals surface area contributed by atoms with E-state index in [0.717, 1.165) is 0 Å². The van der Waals surface area contributed by atoms with Gasteiger partial charge in [0.1, 0.15) is 11.2 Å². The van der Waals surface area contributed by atoms with E-state index >= 15 is 0 Å². The van der Waals surface area contributed by atoms with Crippen molar-refractivity contribution in [3.8, 4) is 0 Å². The Morgan fingerprint density at radius 3 is 2.12 bits per heavy atom. The van der Waals surface area contributed by atoms with Crippen LogP contribution >= 0.6 is 0 Å². The zero-order valence-electron chi connectivity index (χ0n) is 16.9. The van der Waals surface area contributed by atoms with Crippen molar-refractivity contribution in [2.24, 2.45) is 5.92 Å². The number of piperidine rings is 1. The zero-order valence-corrected chi connectivity index (χ0v) is 16.9. The van der Waals surface area contributed by atoms with Crippen LogP contribution in [0.4, 0.5) is 9.59 Å². The minimum Gasteiger partial charge on any atom is -0.469 e. The molecule has 1 aliphatic rings. The SMILES string of the molecule is COC(=O)C[C@@H]1CN(C(=O)OC(C)(C)C)CC[C@H]1NC(=O)OC(C)(C)C. The predicted octanol–water partition coefficient (Wildman–Crippen LogP) is 2.70. The molecule has 150 valence electrons. The lowest BCUT2D eigenvalue weighted by Crippen LogP contribution is -2.54. The van der Waals surface area contributed by atoms with Gasteiger partial charge in [0.15, 0.2) is 0 Å². The Labute approximate surface area is 155 Å². The minimum absolute atomic E-state index is 0.0935. The standard InChI is InChI=1S/C18H32N2O6/c1-17(2,3)25-15(22)19-13-8-9-20(16(23)26-18(4,5)6)11-12(13)10-14(21)24-7/h12-13H,8-11H2,1-7H3,(H,19,22)/t12-,13-/m1/s1. The molecule has 0 radical (unpaired) electrons. The molecular weight excluding hydrogens is 340 g/mol. The van der Waals surface area contributed by atoms with Gasteiger partial charge in [0.05, 0.1) is 13.5 Å². The number of nitrogens with zero attached hydrogens (tertiary/aromatic N) is 1. The number of hydrogen-bond donors (Lipinski definition) is 1. The number of amides is 2. The van der Waals surface area contributed by atoms with E-state index in [-0.39, 0.29) is 18.4 Å². The summed E-state index contributed by atoms with van der Waals surface area (Å²) in [6, 6.07) is -0.289. The minimum atomic E-state index is -0.612. The van der Waals surface area contributed by atoms with E-state index in [4.69, 9.17) is 14.2 Å². The van der Waals surface area contributed by atoms with Crippen LogP contribution in [-0.4, -0.2) is 60.5 Å². The Hall–Kier alpha value is -1.99. The van der Waals surface area contributed by atoms with Gasteiger partial charge in [-0.2, -0.15) is 0 Å². The van der Waals surface area contributed by atoms with Crippen molar-refractivity contribution >= 4 is 18.2 Å². The Balaban J connectivity index is 2.78. The number of alkyl carbamates (subject to hydrolysis) is 1. The van der Waals surface area contributed by atoms with Crippen molar-refractivity contribution in [3.63, 3.8) is 0 Å². The zero-order chi connectivity index (χ0) is 20.1. The molecule has 0 aromatic rings. The third-order valence-electron chi connectivity index (χ3n) is 3.74. The van der Waals surface area contributed by atoms with Gasteiger partial charge in [-0.1, -0.05) is 0 Å². The first-order valence-corrected chi connectivity index (χ1v) is 8.85. The fourth-order valence-electron chi connectivity index (χ4n) is 2.68. The van der Waals surface area contributed by atoms with Crippen molar-refractivity contribution in [3.05, 3.63) is 0 Å². The van der Waals surface area contributed by atoms with E-state index < -0.39 is 29.4 Å². The van der Waals surface area contributed by atoms with Gasteiger partial charge < -0.3 is 24.4 Å². The molecule has 0 bridgehead atoms. The second-order valence-electron chi connectivity index (χ2n) is 8.51. The third kappa shape index (κ3) is 7.93. The molecule has 0 aromatic carbocycles. The van der Waals surface area contributed by atoms with Gasteiger partial charge in [-0.15, -0.1) is 0 Å². The van der Waals surface area contributed by atoms with Crippen molar-refractivity contribution in [1.82, 2.24) is 10.2 Å². The molecule has 2 amide bonds. The molecule has 1 heterocycles. The second kappa shape index (κ2) is 8.60. The van der Waals surface area contributed by atoms with Crippen LogP contribution in [0.25, 0.3) is 0 Å². The maximum absolute atomic E-state index is 12.3. The number of methoxy groups -OCH3 is 1. The van der Waals surface area contributed by atoms with E-state index in [1.54, 1.807) is 46.4 Å². The first-order chi connectivity index (χ1) is 11.8. The van der Waals surface area contributed by atoms with Crippen LogP contribution in [0.1, 0.15) is 54.4 Å². The molecule has 1 N–H and O–H groups in total. The summed E-state index contributed by atoms with van der Waals surface area (Å²) in [5.41, 5.74) is -1.21. The molecule has 1 fully saturated rings. The number of esters is 1. The number of likely N-dealkylation sites (tertiary alicyclic amines) is 1. The molecule has 0 unspecified atom stereocenters. The summed E-state index contributed by atoms with van der Waals surface area (Å²) in [6.45, 7) is 11.5. The highest BCUT2D eigenvalue weighted by Crippen LogP contribution is 2.23. The normalized spacial score (nSPS) is 21.0. The lowest BCUT2D eigenvalue weighted by molar-refractivity contribution is -0.142. The average molecular weight is 372 g/mol. The molecule has 0 aromatic heterocycles. The molecule has 8 heteroatoms. The molecule has 0 aliphatic carbocycles. The summed E-state index contributed by atoms with van der Waals surface area (Å²) in [4.78, 5) is 37.7. The smallest absolute Gasteiger partial charge is 0.410 e. The topological polar surface area (TPSA) is 94.2 Å². The average Bonchev–Trinajstić information content (AvgIpc) is 2.45. The Morgan fingerprint density at radius 1 is 1.04 bits per heavy atom. The summed E-state index contributed by atoms with van der Waals surface area (Å²) in [5.74, 6) is -0.673. The number of ether oxygens (including phenoxy) is 3. The van der Waals surface area contributed by atoms with E-state index in [2.05, 4.69) is 5.32 Å². The van der Waals surface area contributed by atoms with Crippen LogP contribution in [0.15, 0.2) is 0 Å². The Bertz CT molecular complexity index is 521. The van der Waals surface area contributed by atoms with Gasteiger partial charge in [0.2, 0.25) is 0 Å². The van der Waals surface area contributed by atoms with Crippen LogP contribution < -0.4 is 5.32 Å². The van der Waals surface area contributed by atoms with E-state index in [0.29, 0.717) is 19.5 Å². The largest absolute Gasteiger partial charge is 0.469 e. The van der Waals surface area contributed by atoms with Crippen molar-refractivity contribution < 1.29 is 28.6 Å². The lowest BCUT2D eigenvalue weighted by Gasteiger charge is -2.39. The van der Waals surface area contributed by atoms with Crippen LogP contribution in [0.3, 0.4) is 0 Å². The maximum atomic E-state index is 12.3. The Kier molecular flexibility index (Phi) is 7.29. The molecule has 0 spiro atoms. The number of nitrogens with one attached hydrogen (secondary N) is 1. The molecule has 1 saturated heterocycles. The monoisotopic (exact) mass is 372 g/mol. The first kappa shape index (κ1) is 22.1. The first-order valence-electron chi connectivity index (χ1n) is 8.85. The Morgan fingerprint density at radius 2 is 1.62 bits per heavy atom. The fraction of sp³-hybridized carbons (Fsp3) is 0.833. The molecular formula is C18H32N2O6. The van der Waals surface area contributed by atoms with Gasteiger partial charge in [-0.05, 0) is 48.0 Å². The third-order valence-corrected chi connectivity index (χ3v) is 3.74. The van der Waals surface area contributed by atoms with E-state index in [1.165, 1.54) is 7.11 Å². The quantitative estimate of drug-likeness (QED) is 0.605. The highest BCUT2D eigenvalue weighted by molar-refractivity contribution is 5.72. The highest BCUT2D eigenvalue weighted by atomic mass is 16.6. The van der Waals surface area contributed by atoms with Gasteiger partial charge >= 0.3 is 18.2 Å². The molecule has 1 aliphatic heterocycles. The maximum Gasteiger partial charge on any atom is 0.410 e. The van der Waals surface area contributed by atoms with Crippen molar-refractivity contribution in [2.45, 2.75) is 71.6 Å². The highest BCUT2D eigenvalue weighted by Gasteiger charge is 2.36. The summed E-state index contributed by atoms with van der Waals surface area (Å²) < 4.78 is 15.4. The van der Waals surface area contributed by atoms with Gasteiger partial charge in [0.25, 0.3) is 0 Å². The number of carbonyl (C=O) groups is 3. The van der Waals surface area contributed by atoms with Crippen LogP contribution in [0, 0.1) is 5.92 Å². The van der Waals surface area contributed by atoms with Gasteiger partial charge in [-0.25, -0.2) is 9.59 Å².